The minimum atomic E-state index is -0.870. The first kappa shape index (κ1) is 13.7. The summed E-state index contributed by atoms with van der Waals surface area (Å²) in [6.07, 6.45) is 0.824. The van der Waals surface area contributed by atoms with Gasteiger partial charge < -0.3 is 9.84 Å². The smallest absolute Gasteiger partial charge is 0.308 e. The molecule has 0 aliphatic heterocycles. The van der Waals surface area contributed by atoms with Gasteiger partial charge in [-0.05, 0) is 0 Å². The van der Waals surface area contributed by atoms with Gasteiger partial charge in [-0.15, -0.1) is 0 Å². The fraction of sp³-hybridized carbons (Fsp3) is 0.667. The van der Waals surface area contributed by atoms with Crippen molar-refractivity contribution in [2.24, 2.45) is 7.05 Å². The second-order valence-corrected chi connectivity index (χ2v) is 5.15. The van der Waals surface area contributed by atoms with Gasteiger partial charge in [0.15, 0.2) is 0 Å². The second kappa shape index (κ2) is 4.87. The Morgan fingerprint density at radius 1 is 1.59 bits per heavy atom. The number of hydrogen-bond acceptors (Lipinski definition) is 4. The molecule has 1 aromatic rings. The first-order chi connectivity index (χ1) is 7.75. The molecule has 1 aromatic heterocycles. The Bertz CT molecular complexity index is 404. The minimum Gasteiger partial charge on any atom is -0.469 e. The maximum atomic E-state index is 11.2. The molecule has 5 heteroatoms. The van der Waals surface area contributed by atoms with E-state index in [0.717, 1.165) is 5.69 Å². The van der Waals surface area contributed by atoms with Crippen LogP contribution in [0.5, 0.6) is 0 Å². The third-order valence-electron chi connectivity index (χ3n) is 2.51. The lowest BCUT2D eigenvalue weighted by Crippen LogP contribution is -2.17. The largest absolute Gasteiger partial charge is 0.469 e. The van der Waals surface area contributed by atoms with Crippen molar-refractivity contribution in [3.8, 4) is 0 Å². The molecule has 0 unspecified atom stereocenters. The maximum absolute atomic E-state index is 11.2. The zero-order chi connectivity index (χ0) is 13.2. The first-order valence-corrected chi connectivity index (χ1v) is 5.54. The van der Waals surface area contributed by atoms with Gasteiger partial charge in [-0.1, -0.05) is 20.8 Å². The third-order valence-corrected chi connectivity index (χ3v) is 2.51. The number of rotatable bonds is 3. The molecule has 0 bridgehead atoms. The standard InChI is InChI=1S/C12H20N2O3/c1-12(2,3)11-8(7-14(4)13-11)9(15)6-10(16)17-5/h7,9,15H,6H2,1-5H3/t9-/m1/s1. The van der Waals surface area contributed by atoms with Crippen molar-refractivity contribution < 1.29 is 14.6 Å². The summed E-state index contributed by atoms with van der Waals surface area (Å²) in [7, 11) is 3.10. The molecule has 5 nitrogen and oxygen atoms in total. The Balaban J connectivity index is 3.01. The van der Waals surface area contributed by atoms with E-state index in [1.165, 1.54) is 7.11 Å². The number of methoxy groups -OCH3 is 1. The number of nitrogens with zero attached hydrogens (tertiary/aromatic N) is 2. The van der Waals surface area contributed by atoms with Crippen molar-refractivity contribution in [2.45, 2.75) is 38.7 Å². The molecular weight excluding hydrogens is 220 g/mol. The van der Waals surface area contributed by atoms with Crippen molar-refractivity contribution >= 4 is 5.97 Å². The molecule has 0 aliphatic carbocycles. The van der Waals surface area contributed by atoms with E-state index in [0.29, 0.717) is 5.56 Å². The van der Waals surface area contributed by atoms with Gasteiger partial charge in [0.1, 0.15) is 0 Å². The van der Waals surface area contributed by atoms with E-state index in [9.17, 15) is 9.90 Å². The molecule has 0 aliphatic rings. The number of aliphatic hydroxyl groups excluding tert-OH is 1. The normalized spacial score (nSPS) is 13.5. The summed E-state index contributed by atoms with van der Waals surface area (Å²) in [5, 5.41) is 14.4. The lowest BCUT2D eigenvalue weighted by atomic mass is 9.87. The van der Waals surface area contributed by atoms with Crippen LogP contribution in [0.2, 0.25) is 0 Å². The quantitative estimate of drug-likeness (QED) is 0.809. The van der Waals surface area contributed by atoms with Crippen LogP contribution in [0.1, 0.15) is 44.6 Å². The molecule has 0 fully saturated rings. The van der Waals surface area contributed by atoms with Crippen LogP contribution in [-0.4, -0.2) is 28.0 Å². The molecule has 0 saturated carbocycles. The van der Waals surface area contributed by atoms with E-state index in [1.54, 1.807) is 17.9 Å². The number of hydrogen-bond donors (Lipinski definition) is 1. The summed E-state index contributed by atoms with van der Waals surface area (Å²) in [5.41, 5.74) is 1.31. The number of aromatic nitrogens is 2. The molecule has 0 saturated heterocycles. The minimum absolute atomic E-state index is 0.0503. The first-order valence-electron chi connectivity index (χ1n) is 5.54. The lowest BCUT2D eigenvalue weighted by molar-refractivity contribution is -0.142. The van der Waals surface area contributed by atoms with E-state index >= 15 is 0 Å². The molecule has 1 heterocycles. The van der Waals surface area contributed by atoms with E-state index in [2.05, 4.69) is 9.84 Å². The van der Waals surface area contributed by atoms with Crippen LogP contribution in [-0.2, 0) is 22.0 Å². The zero-order valence-electron chi connectivity index (χ0n) is 11.0. The summed E-state index contributed by atoms with van der Waals surface area (Å²) in [6, 6.07) is 0. The Morgan fingerprint density at radius 3 is 2.65 bits per heavy atom. The van der Waals surface area contributed by atoms with Crippen molar-refractivity contribution in [3.63, 3.8) is 0 Å². The molecule has 0 amide bonds. The maximum Gasteiger partial charge on any atom is 0.308 e. The Morgan fingerprint density at radius 2 is 2.18 bits per heavy atom. The highest BCUT2D eigenvalue weighted by Crippen LogP contribution is 2.29. The fourth-order valence-electron chi connectivity index (χ4n) is 1.68. The van der Waals surface area contributed by atoms with Gasteiger partial charge in [0.05, 0.1) is 25.3 Å². The average Bonchev–Trinajstić information content (AvgIpc) is 2.59. The number of ether oxygens (including phenoxy) is 1. The molecule has 96 valence electrons. The lowest BCUT2D eigenvalue weighted by Gasteiger charge is -2.19. The highest BCUT2D eigenvalue weighted by molar-refractivity contribution is 5.70. The predicted octanol–water partition coefficient (Wildman–Crippen LogP) is 1.31. The summed E-state index contributed by atoms with van der Waals surface area (Å²) < 4.78 is 6.20. The van der Waals surface area contributed by atoms with E-state index in [4.69, 9.17) is 0 Å². The average molecular weight is 240 g/mol. The van der Waals surface area contributed by atoms with Gasteiger partial charge in [0, 0.05) is 24.2 Å². The SMILES string of the molecule is COC(=O)C[C@@H](O)c1cn(C)nc1C(C)(C)C. The molecule has 0 radical (unpaired) electrons. The van der Waals surface area contributed by atoms with Crippen LogP contribution in [0, 0.1) is 0 Å². The summed E-state index contributed by atoms with van der Waals surface area (Å²) in [5.74, 6) is -0.429. The van der Waals surface area contributed by atoms with Gasteiger partial charge in [0.2, 0.25) is 0 Å². The van der Waals surface area contributed by atoms with Crippen molar-refractivity contribution in [2.75, 3.05) is 7.11 Å². The third kappa shape index (κ3) is 3.30. The van der Waals surface area contributed by atoms with Crippen molar-refractivity contribution in [1.29, 1.82) is 0 Å². The number of aryl methyl sites for hydroxylation is 1. The van der Waals surface area contributed by atoms with Crippen molar-refractivity contribution in [3.05, 3.63) is 17.5 Å². The van der Waals surface area contributed by atoms with E-state index in [1.807, 2.05) is 20.8 Å². The Labute approximate surface area is 101 Å². The summed E-state index contributed by atoms with van der Waals surface area (Å²) >= 11 is 0. The number of carbonyl (C=O) groups excluding carboxylic acids is 1. The van der Waals surface area contributed by atoms with Gasteiger partial charge in [0.25, 0.3) is 0 Å². The van der Waals surface area contributed by atoms with Crippen LogP contribution < -0.4 is 0 Å². The second-order valence-electron chi connectivity index (χ2n) is 5.15. The molecule has 1 rings (SSSR count). The van der Waals surface area contributed by atoms with Gasteiger partial charge in [-0.3, -0.25) is 9.48 Å². The summed E-state index contributed by atoms with van der Waals surface area (Å²) in [4.78, 5) is 11.2. The molecule has 0 spiro atoms. The summed E-state index contributed by atoms with van der Waals surface area (Å²) in [6.45, 7) is 6.05. The fourth-order valence-corrected chi connectivity index (χ4v) is 1.68. The molecular formula is C12H20N2O3. The predicted molar refractivity (Wildman–Crippen MR) is 63.5 cm³/mol. The van der Waals surface area contributed by atoms with Crippen molar-refractivity contribution in [1.82, 2.24) is 9.78 Å². The van der Waals surface area contributed by atoms with Crippen LogP contribution in [0.4, 0.5) is 0 Å². The van der Waals surface area contributed by atoms with Crippen LogP contribution in [0.15, 0.2) is 6.20 Å². The van der Waals surface area contributed by atoms with E-state index in [-0.39, 0.29) is 11.8 Å². The number of esters is 1. The van der Waals surface area contributed by atoms with Crippen LogP contribution in [0.25, 0.3) is 0 Å². The highest BCUT2D eigenvalue weighted by Gasteiger charge is 2.26. The van der Waals surface area contributed by atoms with Gasteiger partial charge in [-0.2, -0.15) is 5.10 Å². The van der Waals surface area contributed by atoms with Gasteiger partial charge >= 0.3 is 5.97 Å². The molecule has 0 aromatic carbocycles. The van der Waals surface area contributed by atoms with Gasteiger partial charge in [-0.25, -0.2) is 0 Å². The highest BCUT2D eigenvalue weighted by atomic mass is 16.5. The monoisotopic (exact) mass is 240 g/mol. The number of aliphatic hydroxyl groups is 1. The molecule has 1 atom stereocenters. The van der Waals surface area contributed by atoms with Crippen LogP contribution in [0.3, 0.4) is 0 Å². The Kier molecular flexibility index (Phi) is 3.93. The van der Waals surface area contributed by atoms with Crippen LogP contribution >= 0.6 is 0 Å². The zero-order valence-corrected chi connectivity index (χ0v) is 11.0. The number of carbonyl (C=O) groups is 1. The molecule has 1 N–H and O–H groups in total. The van der Waals surface area contributed by atoms with E-state index < -0.39 is 12.1 Å². The molecule has 17 heavy (non-hydrogen) atoms. The Hall–Kier alpha value is -1.36. The topological polar surface area (TPSA) is 64.3 Å².